The Kier molecular flexibility index (Phi) is 9.92. The van der Waals surface area contributed by atoms with Gasteiger partial charge >= 0.3 is 0 Å². The third-order valence-electron chi connectivity index (χ3n) is 10.8. The molecule has 0 saturated heterocycles. The van der Waals surface area contributed by atoms with Gasteiger partial charge in [-0.1, -0.05) is 47.5 Å². The van der Waals surface area contributed by atoms with Crippen LogP contribution < -0.4 is 0 Å². The zero-order valence-electron chi connectivity index (χ0n) is 31.1. The van der Waals surface area contributed by atoms with Gasteiger partial charge in [-0.05, 0) is 65.2 Å². The molecule has 15 heteroatoms. The molecule has 4 aromatic heterocycles. The van der Waals surface area contributed by atoms with E-state index in [1.807, 2.05) is 0 Å². The lowest BCUT2D eigenvalue weighted by Gasteiger charge is -2.38. The first kappa shape index (κ1) is 39.5. The summed E-state index contributed by atoms with van der Waals surface area (Å²) in [6.07, 6.45) is 2.74. The minimum atomic E-state index is -2.52. The summed E-state index contributed by atoms with van der Waals surface area (Å²) in [7, 11) is -2.52. The molecule has 0 amide bonds. The summed E-state index contributed by atoms with van der Waals surface area (Å²) in [6, 6.07) is 8.20. The van der Waals surface area contributed by atoms with Crippen molar-refractivity contribution in [2.45, 2.75) is 58.2 Å². The predicted molar refractivity (Wildman–Crippen MR) is 204 cm³/mol. The molecule has 0 aliphatic carbocycles. The second-order valence-electron chi connectivity index (χ2n) is 14.7. The second kappa shape index (κ2) is 14.3. The van der Waals surface area contributed by atoms with E-state index in [1.165, 1.54) is 48.6 Å². The second-order valence-corrected chi connectivity index (χ2v) is 20.3. The molecule has 5 heterocycles. The summed E-state index contributed by atoms with van der Waals surface area (Å²) in [5, 5.41) is 0. The van der Waals surface area contributed by atoms with Crippen LogP contribution in [0.2, 0.25) is 16.6 Å². The topological polar surface area (TPSA) is 60.3 Å². The first-order valence-electron chi connectivity index (χ1n) is 17.8. The fourth-order valence-electron chi connectivity index (χ4n) is 8.06. The summed E-state index contributed by atoms with van der Waals surface area (Å²) in [4.78, 5) is 13.4. The van der Waals surface area contributed by atoms with E-state index < -0.39 is 88.5 Å². The number of H-pyrrole nitrogens is 3. The summed E-state index contributed by atoms with van der Waals surface area (Å²) >= 11 is 0. The van der Waals surface area contributed by atoms with Crippen molar-refractivity contribution in [3.63, 3.8) is 0 Å². The first-order valence-corrected chi connectivity index (χ1v) is 20.0. The SMILES string of the molecule is CC(C)[Si](C#Cc1c2nc(c(-c3c(F)c(F)c(F)c(F)c3F)c3ccc([nH]3)c3ccc([nH]3)c(-c3c(F)c(F)c(F)c(F)c3F)c3ccc1[nH]3)C=C2)(C(C)C)C(C)C. The van der Waals surface area contributed by atoms with Crippen molar-refractivity contribution in [1.82, 2.24) is 19.9 Å². The fraction of sp³-hybridized carbons (Fsp3) is 0.214. The number of hydrogen-bond donors (Lipinski definition) is 3. The van der Waals surface area contributed by atoms with Gasteiger partial charge in [0.05, 0.1) is 44.6 Å². The standard InChI is InChI=1S/C42H32F10N4Si/c1-17(2)57(18(3)4,19(5)6)16-15-20-21-7-11-25(53-21)29(31-33(43)37(47)41(51)38(48)34(31)44)27-13-9-23(55-27)24-10-14-28(56-24)30(26-12-8-22(20)54-26)32-35(45)39(49)42(52)40(50)36(32)46/h7-14,17-19,53,55-56H,1-6H3. The van der Waals surface area contributed by atoms with E-state index in [2.05, 4.69) is 72.9 Å². The molecule has 0 spiro atoms. The number of rotatable bonds is 5. The van der Waals surface area contributed by atoms with Crippen LogP contribution in [0.3, 0.4) is 0 Å². The Morgan fingerprint density at radius 1 is 0.421 bits per heavy atom. The van der Waals surface area contributed by atoms with Crippen molar-refractivity contribution >= 4 is 53.3 Å². The molecule has 8 bridgehead atoms. The van der Waals surface area contributed by atoms with E-state index in [9.17, 15) is 26.3 Å². The lowest BCUT2D eigenvalue weighted by atomic mass is 10.0. The Bertz CT molecular complexity index is 2790. The van der Waals surface area contributed by atoms with E-state index in [4.69, 9.17) is 0 Å². The minimum absolute atomic E-state index is 0.0763. The molecule has 0 saturated carbocycles. The average molecular weight is 811 g/mol. The Morgan fingerprint density at radius 2 is 0.754 bits per heavy atom. The summed E-state index contributed by atoms with van der Waals surface area (Å²) in [6.45, 7) is 12.4. The van der Waals surface area contributed by atoms with E-state index in [1.54, 1.807) is 0 Å². The zero-order chi connectivity index (χ0) is 41.4. The van der Waals surface area contributed by atoms with E-state index in [0.717, 1.165) is 0 Å². The van der Waals surface area contributed by atoms with Crippen LogP contribution in [0.1, 0.15) is 58.5 Å². The quantitative estimate of drug-likeness (QED) is 0.0524. The van der Waals surface area contributed by atoms with Gasteiger partial charge in [0.2, 0.25) is 11.6 Å². The largest absolute Gasteiger partial charge is 0.354 e. The highest BCUT2D eigenvalue weighted by Crippen LogP contribution is 2.42. The molecule has 6 aromatic rings. The lowest BCUT2D eigenvalue weighted by molar-refractivity contribution is 0.381. The summed E-state index contributed by atoms with van der Waals surface area (Å²) in [5.74, 6) is -18.5. The number of benzene rings is 2. The van der Waals surface area contributed by atoms with Crippen LogP contribution in [0.4, 0.5) is 43.9 Å². The monoisotopic (exact) mass is 810 g/mol. The van der Waals surface area contributed by atoms with Gasteiger partial charge in [-0.3, -0.25) is 0 Å². The number of nitrogens with zero attached hydrogens (tertiary/aromatic N) is 1. The normalized spacial score (nSPS) is 12.5. The third-order valence-corrected chi connectivity index (χ3v) is 17.1. The van der Waals surface area contributed by atoms with Crippen LogP contribution in [-0.2, 0) is 0 Å². The lowest BCUT2D eigenvalue weighted by Crippen LogP contribution is -2.43. The molecule has 294 valence electrons. The average Bonchev–Trinajstić information content (AvgIpc) is 4.01. The van der Waals surface area contributed by atoms with Crippen molar-refractivity contribution < 1.29 is 43.9 Å². The van der Waals surface area contributed by atoms with Crippen LogP contribution in [0, 0.1) is 69.6 Å². The van der Waals surface area contributed by atoms with Crippen LogP contribution in [-0.4, -0.2) is 28.0 Å². The van der Waals surface area contributed by atoms with Gasteiger partial charge < -0.3 is 15.0 Å². The maximum absolute atomic E-state index is 15.6. The molecule has 0 unspecified atom stereocenters. The number of hydrogen-bond acceptors (Lipinski definition) is 1. The van der Waals surface area contributed by atoms with Crippen LogP contribution >= 0.6 is 0 Å². The third kappa shape index (κ3) is 6.12. The van der Waals surface area contributed by atoms with Gasteiger partial charge in [-0.2, -0.15) is 0 Å². The molecule has 57 heavy (non-hydrogen) atoms. The summed E-state index contributed by atoms with van der Waals surface area (Å²) in [5.41, 5.74) is 0.655. The van der Waals surface area contributed by atoms with Crippen LogP contribution in [0.15, 0.2) is 36.4 Å². The molecule has 1 aliphatic rings. The maximum Gasteiger partial charge on any atom is 0.200 e. The van der Waals surface area contributed by atoms with E-state index in [-0.39, 0.29) is 66.7 Å². The highest BCUT2D eigenvalue weighted by atomic mass is 28.3. The van der Waals surface area contributed by atoms with Crippen LogP contribution in [0.5, 0.6) is 0 Å². The molecule has 1 aliphatic heterocycles. The van der Waals surface area contributed by atoms with E-state index >= 15 is 17.6 Å². The Hall–Kier alpha value is -5.75. The smallest absolute Gasteiger partial charge is 0.200 e. The fourth-order valence-corrected chi connectivity index (χ4v) is 13.3. The highest BCUT2D eigenvalue weighted by molar-refractivity contribution is 6.90. The summed E-state index contributed by atoms with van der Waals surface area (Å²) < 4.78 is 150. The van der Waals surface area contributed by atoms with Gasteiger partial charge in [0, 0.05) is 27.7 Å². The molecule has 7 rings (SSSR count). The van der Waals surface area contributed by atoms with Gasteiger partial charge in [0.25, 0.3) is 0 Å². The van der Waals surface area contributed by atoms with Crippen molar-refractivity contribution in [2.24, 2.45) is 0 Å². The predicted octanol–water partition coefficient (Wildman–Crippen LogP) is 13.0. The molecule has 3 N–H and O–H groups in total. The molecule has 4 nitrogen and oxygen atoms in total. The van der Waals surface area contributed by atoms with Gasteiger partial charge in [-0.25, -0.2) is 48.9 Å². The Labute approximate surface area is 320 Å². The van der Waals surface area contributed by atoms with Gasteiger partial charge in [0.15, 0.2) is 46.5 Å². The van der Waals surface area contributed by atoms with Gasteiger partial charge in [-0.15, -0.1) is 5.54 Å². The number of aromatic amines is 3. The minimum Gasteiger partial charge on any atom is -0.354 e. The maximum atomic E-state index is 15.6. The van der Waals surface area contributed by atoms with Crippen molar-refractivity contribution in [1.29, 1.82) is 0 Å². The van der Waals surface area contributed by atoms with Crippen LogP contribution in [0.25, 0.3) is 67.5 Å². The molecular weight excluding hydrogens is 779 g/mol. The number of halogens is 10. The zero-order valence-corrected chi connectivity index (χ0v) is 32.1. The number of nitrogens with one attached hydrogen (secondary N) is 3. The number of fused-ring (bicyclic) bond motifs is 9. The Morgan fingerprint density at radius 3 is 1.19 bits per heavy atom. The molecular formula is C42H32F10N4Si. The Balaban J connectivity index is 1.73. The van der Waals surface area contributed by atoms with Crippen molar-refractivity contribution in [2.75, 3.05) is 0 Å². The van der Waals surface area contributed by atoms with E-state index in [0.29, 0.717) is 0 Å². The molecule has 0 atom stereocenters. The van der Waals surface area contributed by atoms with Crippen molar-refractivity contribution in [3.8, 4) is 33.7 Å². The molecule has 0 fully saturated rings. The molecule has 2 aromatic carbocycles. The number of aromatic nitrogens is 4. The van der Waals surface area contributed by atoms with Crippen molar-refractivity contribution in [3.05, 3.63) is 112 Å². The molecule has 0 radical (unpaired) electrons. The highest BCUT2D eigenvalue weighted by Gasteiger charge is 2.42. The van der Waals surface area contributed by atoms with Gasteiger partial charge in [0.1, 0.15) is 8.07 Å². The first-order chi connectivity index (χ1) is 26.9.